The smallest absolute Gasteiger partial charge is 0.397 e. The third-order valence-electron chi connectivity index (χ3n) is 17.2. The lowest BCUT2D eigenvalue weighted by atomic mass is 9.32. The molecule has 0 aromatic rings. The molecular formula is C48H77N3O9. The minimum atomic E-state index is -0.951. The molecule has 3 N–H and O–H groups in total. The van der Waals surface area contributed by atoms with Gasteiger partial charge in [-0.2, -0.15) is 0 Å². The van der Waals surface area contributed by atoms with Crippen LogP contribution in [0.5, 0.6) is 0 Å². The van der Waals surface area contributed by atoms with Crippen LogP contribution in [-0.2, 0) is 43.0 Å². The highest BCUT2D eigenvalue weighted by Gasteiger charge is 2.72. The molecule has 12 nitrogen and oxygen atoms in total. The normalized spacial score (nSPS) is 36.5. The van der Waals surface area contributed by atoms with E-state index in [9.17, 15) is 28.8 Å². The van der Waals surface area contributed by atoms with Crippen molar-refractivity contribution in [2.75, 3.05) is 32.8 Å². The zero-order valence-corrected chi connectivity index (χ0v) is 38.2. The first-order chi connectivity index (χ1) is 28.4. The fourth-order valence-corrected chi connectivity index (χ4v) is 13.8. The van der Waals surface area contributed by atoms with Crippen LogP contribution < -0.4 is 16.0 Å². The van der Waals surface area contributed by atoms with Crippen LogP contribution in [-0.4, -0.2) is 74.6 Å². The fourth-order valence-electron chi connectivity index (χ4n) is 13.8. The molecule has 11 atom stereocenters. The van der Waals surface area contributed by atoms with Crippen molar-refractivity contribution in [1.29, 1.82) is 0 Å². The molecule has 3 amide bonds. The van der Waals surface area contributed by atoms with Crippen LogP contribution in [0, 0.1) is 56.7 Å². The maximum absolute atomic E-state index is 13.3. The Morgan fingerprint density at radius 1 is 0.600 bits per heavy atom. The Bertz CT molecular complexity index is 1630. The summed E-state index contributed by atoms with van der Waals surface area (Å²) in [5.74, 6) is -3.65. The van der Waals surface area contributed by atoms with Crippen molar-refractivity contribution in [1.82, 2.24) is 16.0 Å². The van der Waals surface area contributed by atoms with Crippen molar-refractivity contribution in [3.63, 3.8) is 0 Å². The molecule has 0 aliphatic heterocycles. The molecule has 0 unspecified atom stereocenters. The monoisotopic (exact) mass is 840 g/mol. The molecule has 0 saturated heterocycles. The predicted molar refractivity (Wildman–Crippen MR) is 229 cm³/mol. The van der Waals surface area contributed by atoms with Gasteiger partial charge >= 0.3 is 35.6 Å². The Kier molecular flexibility index (Phi) is 15.3. The Morgan fingerprint density at radius 2 is 1.15 bits per heavy atom. The van der Waals surface area contributed by atoms with Crippen LogP contribution >= 0.6 is 0 Å². The summed E-state index contributed by atoms with van der Waals surface area (Å²) >= 11 is 0. The second-order valence-electron chi connectivity index (χ2n) is 20.5. The van der Waals surface area contributed by atoms with Crippen molar-refractivity contribution < 1.29 is 43.0 Å². The van der Waals surface area contributed by atoms with E-state index < -0.39 is 47.1 Å². The summed E-state index contributed by atoms with van der Waals surface area (Å²) in [5.41, 5.74) is -0.185. The number of allylic oxidation sites excluding steroid dienone is 1. The summed E-state index contributed by atoms with van der Waals surface area (Å²) in [4.78, 5) is 77.7. The molecule has 338 valence electrons. The molecule has 12 heteroatoms. The molecule has 0 aromatic carbocycles. The predicted octanol–water partition coefficient (Wildman–Crippen LogP) is 7.37. The first-order valence-corrected chi connectivity index (χ1v) is 23.4. The van der Waals surface area contributed by atoms with Crippen molar-refractivity contribution in [3.05, 3.63) is 12.2 Å². The van der Waals surface area contributed by atoms with E-state index in [4.69, 9.17) is 14.2 Å². The van der Waals surface area contributed by atoms with E-state index in [1.165, 1.54) is 5.57 Å². The highest BCUT2D eigenvalue weighted by Crippen LogP contribution is 2.77. The average Bonchev–Trinajstić information content (AvgIpc) is 3.60. The summed E-state index contributed by atoms with van der Waals surface area (Å²) in [6, 6.07) is 0. The van der Waals surface area contributed by atoms with E-state index in [1.807, 2.05) is 27.7 Å². The van der Waals surface area contributed by atoms with Crippen molar-refractivity contribution >= 4 is 35.6 Å². The van der Waals surface area contributed by atoms with Gasteiger partial charge in [0.25, 0.3) is 0 Å². The van der Waals surface area contributed by atoms with Gasteiger partial charge in [-0.25, -0.2) is 14.4 Å². The summed E-state index contributed by atoms with van der Waals surface area (Å²) < 4.78 is 17.9. The molecule has 5 saturated carbocycles. The molecular weight excluding hydrogens is 763 g/mol. The number of esters is 3. The summed E-state index contributed by atoms with van der Waals surface area (Å²) in [7, 11) is 0. The quantitative estimate of drug-likeness (QED) is 0.0502. The SMILES string of the molecule is C=C(C)[C@@H]1CC[C@]2(COC(=O)C(=O)NCCCC)CC[C@]3(C)[C@H](CC[C@@H]4[C@@]5(C)CC[C@H](OC(=O)C(=O)NCCCC)[C@@](C)(COC(=O)C(=O)NCCCC)[C@@H]5CC[C@]43C)[C@@H]12. The first kappa shape index (κ1) is 47.6. The molecule has 5 aliphatic rings. The highest BCUT2D eigenvalue weighted by atomic mass is 16.6. The maximum atomic E-state index is 13.3. The molecule has 0 aromatic heterocycles. The van der Waals surface area contributed by atoms with Gasteiger partial charge < -0.3 is 30.2 Å². The Hall–Kier alpha value is -3.44. The summed E-state index contributed by atoms with van der Waals surface area (Å²) in [5, 5.41) is 8.06. The minimum absolute atomic E-state index is 0.0194. The molecule has 5 fully saturated rings. The van der Waals surface area contributed by atoms with Crippen LogP contribution in [0.15, 0.2) is 12.2 Å². The van der Waals surface area contributed by atoms with Crippen LogP contribution in [0.1, 0.15) is 158 Å². The molecule has 0 bridgehead atoms. The number of carbonyl (C=O) groups is 6. The van der Waals surface area contributed by atoms with Crippen molar-refractivity contribution in [2.45, 2.75) is 164 Å². The minimum Gasteiger partial charge on any atom is -0.458 e. The lowest BCUT2D eigenvalue weighted by Crippen LogP contribution is -2.68. The van der Waals surface area contributed by atoms with E-state index in [-0.39, 0.29) is 46.7 Å². The topological polar surface area (TPSA) is 166 Å². The van der Waals surface area contributed by atoms with Gasteiger partial charge in [0.15, 0.2) is 0 Å². The van der Waals surface area contributed by atoms with Gasteiger partial charge in [0.2, 0.25) is 0 Å². The number of rotatable bonds is 15. The van der Waals surface area contributed by atoms with Gasteiger partial charge in [0.1, 0.15) is 12.7 Å². The number of nitrogens with one attached hydrogen (secondary N) is 3. The summed E-state index contributed by atoms with van der Waals surface area (Å²) in [6.45, 7) is 23.5. The largest absolute Gasteiger partial charge is 0.458 e. The van der Waals surface area contributed by atoms with Crippen LogP contribution in [0.3, 0.4) is 0 Å². The second kappa shape index (κ2) is 19.3. The third kappa shape index (κ3) is 8.91. The average molecular weight is 840 g/mol. The lowest BCUT2D eigenvalue weighted by molar-refractivity contribution is -0.259. The fraction of sp³-hybridized carbons (Fsp3) is 0.833. The van der Waals surface area contributed by atoms with Crippen molar-refractivity contribution in [3.8, 4) is 0 Å². The standard InChI is InChI=1S/C48H77N3O9/c1-10-13-26-49-38(52)41(55)58-29-45(7)34-19-22-47(9)35(44(34,6)21-20-36(45)60-43(57)40(54)51-28-15-12-3)17-16-33-37-32(31(4)5)18-23-48(37,25-24-46(33,47)8)30-59-42(56)39(53)50-27-14-11-2/h32-37H,4,10-30H2,1-3,5-9H3,(H,49,52)(H,50,53)(H,51,54)/t32-,33+,34+,35+,36-,37+,44-,45-,46+,47+,48+/m0/s1. The Morgan fingerprint density at radius 3 is 1.70 bits per heavy atom. The van der Waals surface area contributed by atoms with E-state index >= 15 is 0 Å². The van der Waals surface area contributed by atoms with Crippen LogP contribution in [0.4, 0.5) is 0 Å². The number of hydrogen-bond acceptors (Lipinski definition) is 9. The number of carbonyl (C=O) groups excluding carboxylic acids is 6. The number of ether oxygens (including phenoxy) is 3. The van der Waals surface area contributed by atoms with Gasteiger partial charge in [0.05, 0.1) is 6.61 Å². The zero-order valence-electron chi connectivity index (χ0n) is 38.2. The van der Waals surface area contributed by atoms with E-state index in [0.29, 0.717) is 43.8 Å². The number of amides is 3. The molecule has 0 heterocycles. The van der Waals surface area contributed by atoms with E-state index in [2.05, 4.69) is 50.2 Å². The van der Waals surface area contributed by atoms with Gasteiger partial charge in [-0.15, -0.1) is 0 Å². The van der Waals surface area contributed by atoms with Gasteiger partial charge in [-0.05, 0) is 136 Å². The number of hydrogen-bond donors (Lipinski definition) is 3. The van der Waals surface area contributed by atoms with Crippen LogP contribution in [0.2, 0.25) is 0 Å². The number of fused-ring (bicyclic) bond motifs is 7. The van der Waals surface area contributed by atoms with Crippen LogP contribution in [0.25, 0.3) is 0 Å². The highest BCUT2D eigenvalue weighted by molar-refractivity contribution is 6.33. The zero-order chi connectivity index (χ0) is 44.1. The molecule has 0 spiro atoms. The maximum Gasteiger partial charge on any atom is 0.397 e. The number of unbranched alkanes of at least 4 members (excludes halogenated alkanes) is 3. The van der Waals surface area contributed by atoms with Gasteiger partial charge in [-0.3, -0.25) is 14.4 Å². The van der Waals surface area contributed by atoms with Gasteiger partial charge in [0, 0.05) is 30.5 Å². The van der Waals surface area contributed by atoms with Gasteiger partial charge in [-0.1, -0.05) is 79.9 Å². The first-order valence-electron chi connectivity index (χ1n) is 23.4. The molecule has 0 radical (unpaired) electrons. The second-order valence-corrected chi connectivity index (χ2v) is 20.5. The third-order valence-corrected chi connectivity index (χ3v) is 17.2. The Labute approximate surface area is 359 Å². The Balaban J connectivity index is 1.41. The lowest BCUT2D eigenvalue weighted by Gasteiger charge is -2.73. The summed E-state index contributed by atoms with van der Waals surface area (Å²) in [6.07, 6.45) is 13.2. The molecule has 60 heavy (non-hydrogen) atoms. The van der Waals surface area contributed by atoms with Crippen molar-refractivity contribution in [2.24, 2.45) is 56.7 Å². The van der Waals surface area contributed by atoms with E-state index in [1.54, 1.807) is 0 Å². The molecule has 5 rings (SSSR count). The van der Waals surface area contributed by atoms with E-state index in [0.717, 1.165) is 96.3 Å². The molecule has 5 aliphatic carbocycles.